The lowest BCUT2D eigenvalue weighted by molar-refractivity contribution is -0.131. The summed E-state index contributed by atoms with van der Waals surface area (Å²) in [4.78, 5) is 39.8. The van der Waals surface area contributed by atoms with Gasteiger partial charge < -0.3 is 19.9 Å². The van der Waals surface area contributed by atoms with E-state index in [1.165, 1.54) is 0 Å². The highest BCUT2D eigenvalue weighted by molar-refractivity contribution is 5.88. The average Bonchev–Trinajstić information content (AvgIpc) is 2.76. The van der Waals surface area contributed by atoms with Gasteiger partial charge in [0.2, 0.25) is 11.8 Å². The molecule has 0 atom stereocenters. The van der Waals surface area contributed by atoms with E-state index in [9.17, 15) is 14.4 Å². The summed E-state index contributed by atoms with van der Waals surface area (Å²) in [6, 6.07) is 0. The summed E-state index contributed by atoms with van der Waals surface area (Å²) < 4.78 is 5.12. The molecule has 148 valence electrons. The quantitative estimate of drug-likeness (QED) is 0.773. The molecule has 1 aliphatic heterocycles. The fourth-order valence-electron chi connectivity index (χ4n) is 2.41. The molecule has 0 aromatic rings. The Labute approximate surface area is 156 Å². The molecule has 0 unspecified atom stereocenters. The molecule has 0 aromatic carbocycles. The minimum Gasteiger partial charge on any atom is -0.444 e. The van der Waals surface area contributed by atoms with Gasteiger partial charge in [-0.25, -0.2) is 4.79 Å². The van der Waals surface area contributed by atoms with Crippen molar-refractivity contribution in [3.8, 4) is 0 Å². The van der Waals surface area contributed by atoms with Crippen molar-refractivity contribution in [1.29, 1.82) is 0 Å². The number of nitrogens with zero attached hydrogens (tertiary/aromatic N) is 2. The fraction of sp³-hybridized carbons (Fsp3) is 0.737. The number of rotatable bonds is 4. The van der Waals surface area contributed by atoms with Crippen LogP contribution in [0.5, 0.6) is 0 Å². The highest BCUT2D eigenvalue weighted by Gasteiger charge is 2.22. The van der Waals surface area contributed by atoms with Crippen molar-refractivity contribution in [3.63, 3.8) is 0 Å². The number of alkyl carbamates (subject to hydrolysis) is 1. The average molecular weight is 367 g/mol. The Hall–Kier alpha value is -2.05. The van der Waals surface area contributed by atoms with Gasteiger partial charge in [0, 0.05) is 32.3 Å². The summed E-state index contributed by atoms with van der Waals surface area (Å²) in [6.07, 6.45) is 1.80. The van der Waals surface area contributed by atoms with E-state index < -0.39 is 11.7 Å². The number of amides is 3. The molecule has 7 nitrogen and oxygen atoms in total. The first-order valence-electron chi connectivity index (χ1n) is 9.21. The van der Waals surface area contributed by atoms with Crippen LogP contribution >= 0.6 is 0 Å². The van der Waals surface area contributed by atoms with Crippen LogP contribution in [-0.4, -0.2) is 66.0 Å². The molecule has 1 N–H and O–H groups in total. The monoisotopic (exact) mass is 367 g/mol. The Morgan fingerprint density at radius 3 is 2.23 bits per heavy atom. The predicted molar refractivity (Wildman–Crippen MR) is 101 cm³/mol. The molecular weight excluding hydrogens is 334 g/mol. The zero-order valence-corrected chi connectivity index (χ0v) is 16.9. The van der Waals surface area contributed by atoms with Crippen LogP contribution in [0.3, 0.4) is 0 Å². The molecule has 1 aliphatic rings. The first kappa shape index (κ1) is 22.0. The van der Waals surface area contributed by atoms with Gasteiger partial charge in [0.05, 0.1) is 0 Å². The topological polar surface area (TPSA) is 79.0 Å². The Balaban J connectivity index is 2.50. The lowest BCUT2D eigenvalue weighted by Gasteiger charge is -2.23. The molecule has 0 aliphatic carbocycles. The fourth-order valence-corrected chi connectivity index (χ4v) is 2.41. The van der Waals surface area contributed by atoms with Gasteiger partial charge in [0.15, 0.2) is 0 Å². The van der Waals surface area contributed by atoms with Gasteiger partial charge in [-0.3, -0.25) is 9.59 Å². The van der Waals surface area contributed by atoms with Gasteiger partial charge >= 0.3 is 6.09 Å². The van der Waals surface area contributed by atoms with E-state index in [1.807, 2.05) is 6.92 Å². The second kappa shape index (κ2) is 9.59. The first-order valence-corrected chi connectivity index (χ1v) is 9.21. The third-order valence-corrected chi connectivity index (χ3v) is 4.20. The molecule has 7 heteroatoms. The second-order valence-corrected chi connectivity index (χ2v) is 7.96. The van der Waals surface area contributed by atoms with Crippen LogP contribution in [0, 0.1) is 5.92 Å². The largest absolute Gasteiger partial charge is 0.444 e. The van der Waals surface area contributed by atoms with Crippen LogP contribution in [0.2, 0.25) is 0 Å². The summed E-state index contributed by atoms with van der Waals surface area (Å²) in [5, 5.41) is 2.49. The highest BCUT2D eigenvalue weighted by atomic mass is 16.6. The van der Waals surface area contributed by atoms with Crippen molar-refractivity contribution in [3.05, 3.63) is 11.6 Å². The summed E-state index contributed by atoms with van der Waals surface area (Å²) in [7, 11) is 0. The molecule has 26 heavy (non-hydrogen) atoms. The standard InChI is InChI=1S/C19H33N3O4/c1-14(2)15(3)12-16(23)21-8-7-9-22(11-10-21)17(24)13-20-18(25)26-19(4,5)6/h12,14H,7-11,13H2,1-6H3,(H,20,25)/b15-12+. The number of hydrogen-bond acceptors (Lipinski definition) is 4. The van der Waals surface area contributed by atoms with Gasteiger partial charge in [0.1, 0.15) is 12.1 Å². The Morgan fingerprint density at radius 1 is 1.08 bits per heavy atom. The number of ether oxygens (including phenoxy) is 1. The predicted octanol–water partition coefficient (Wildman–Crippen LogP) is 2.17. The molecule has 1 fully saturated rings. The minimum atomic E-state index is -0.605. The SMILES string of the molecule is C/C(=C\C(=O)N1CCCN(C(=O)CNC(=O)OC(C)(C)C)CC1)C(C)C. The number of carbonyl (C=O) groups is 3. The van der Waals surface area contributed by atoms with E-state index in [1.54, 1.807) is 36.6 Å². The Morgan fingerprint density at radius 2 is 1.65 bits per heavy atom. The second-order valence-electron chi connectivity index (χ2n) is 7.96. The number of nitrogens with one attached hydrogen (secondary N) is 1. The van der Waals surface area contributed by atoms with E-state index in [-0.39, 0.29) is 18.4 Å². The Bertz CT molecular complexity index is 549. The smallest absolute Gasteiger partial charge is 0.408 e. The zero-order valence-electron chi connectivity index (χ0n) is 16.9. The van der Waals surface area contributed by atoms with Crippen molar-refractivity contribution in [2.45, 2.75) is 53.6 Å². The van der Waals surface area contributed by atoms with E-state index in [4.69, 9.17) is 4.74 Å². The van der Waals surface area contributed by atoms with E-state index in [2.05, 4.69) is 19.2 Å². The minimum absolute atomic E-state index is 0.00243. The van der Waals surface area contributed by atoms with Crippen LogP contribution in [0.15, 0.2) is 11.6 Å². The summed E-state index contributed by atoms with van der Waals surface area (Å²) in [5.74, 6) is 0.166. The summed E-state index contributed by atoms with van der Waals surface area (Å²) >= 11 is 0. The molecule has 1 rings (SSSR count). The molecule has 1 heterocycles. The van der Waals surface area contributed by atoms with Crippen LogP contribution in [0.4, 0.5) is 4.79 Å². The van der Waals surface area contributed by atoms with Gasteiger partial charge in [-0.05, 0) is 40.0 Å². The van der Waals surface area contributed by atoms with Gasteiger partial charge in [0.25, 0.3) is 0 Å². The third kappa shape index (κ3) is 7.89. The van der Waals surface area contributed by atoms with Crippen LogP contribution < -0.4 is 5.32 Å². The maximum Gasteiger partial charge on any atom is 0.408 e. The number of allylic oxidation sites excluding steroid dienone is 1. The van der Waals surface area contributed by atoms with Gasteiger partial charge in [-0.1, -0.05) is 19.4 Å². The number of carbonyl (C=O) groups excluding carboxylic acids is 3. The van der Waals surface area contributed by atoms with E-state index >= 15 is 0 Å². The maximum absolute atomic E-state index is 12.4. The molecule has 1 saturated heterocycles. The molecule has 0 saturated carbocycles. The van der Waals surface area contributed by atoms with Crippen LogP contribution in [0.1, 0.15) is 48.0 Å². The summed E-state index contributed by atoms with van der Waals surface area (Å²) in [5.41, 5.74) is 0.451. The van der Waals surface area contributed by atoms with Crippen LogP contribution in [0.25, 0.3) is 0 Å². The van der Waals surface area contributed by atoms with Crippen molar-refractivity contribution < 1.29 is 19.1 Å². The van der Waals surface area contributed by atoms with Crippen molar-refractivity contribution in [2.75, 3.05) is 32.7 Å². The number of hydrogen-bond donors (Lipinski definition) is 1. The van der Waals surface area contributed by atoms with Crippen molar-refractivity contribution in [2.24, 2.45) is 5.92 Å². The molecule has 0 aromatic heterocycles. The van der Waals surface area contributed by atoms with E-state index in [0.717, 1.165) is 12.0 Å². The molecule has 0 radical (unpaired) electrons. The van der Waals surface area contributed by atoms with Crippen molar-refractivity contribution >= 4 is 17.9 Å². The first-order chi connectivity index (χ1) is 12.0. The van der Waals surface area contributed by atoms with Gasteiger partial charge in [-0.15, -0.1) is 0 Å². The Kier molecular flexibility index (Phi) is 8.11. The molecule has 3 amide bonds. The third-order valence-electron chi connectivity index (χ3n) is 4.20. The lowest BCUT2D eigenvalue weighted by atomic mass is 10.1. The molecule has 0 spiro atoms. The summed E-state index contributed by atoms with van der Waals surface area (Å²) in [6.45, 7) is 13.4. The lowest BCUT2D eigenvalue weighted by Crippen LogP contribution is -2.43. The molecular formula is C19H33N3O4. The maximum atomic E-state index is 12.4. The normalized spacial score (nSPS) is 16.3. The molecule has 0 bridgehead atoms. The van der Waals surface area contributed by atoms with Gasteiger partial charge in [-0.2, -0.15) is 0 Å². The van der Waals surface area contributed by atoms with Crippen LogP contribution in [-0.2, 0) is 14.3 Å². The van der Waals surface area contributed by atoms with Crippen molar-refractivity contribution in [1.82, 2.24) is 15.1 Å². The highest BCUT2D eigenvalue weighted by Crippen LogP contribution is 2.11. The zero-order chi connectivity index (χ0) is 19.9. The van der Waals surface area contributed by atoms with E-state index in [0.29, 0.717) is 32.1 Å².